The Bertz CT molecular complexity index is 658. The first-order valence-electron chi connectivity index (χ1n) is 5.15. The first kappa shape index (κ1) is 11.9. The van der Waals surface area contributed by atoms with Crippen LogP contribution in [0.1, 0.15) is 28.6 Å². The first-order valence-corrected chi connectivity index (χ1v) is 7.16. The normalized spacial score (nSPS) is 14.9. The monoisotopic (exact) mass is 302 g/mol. The zero-order valence-corrected chi connectivity index (χ0v) is 11.3. The van der Waals surface area contributed by atoms with E-state index in [1.165, 1.54) is 23.1 Å². The Kier molecular flexibility index (Phi) is 3.00. The van der Waals surface area contributed by atoms with Crippen LogP contribution < -0.4 is 5.69 Å². The van der Waals surface area contributed by atoms with E-state index < -0.39 is 0 Å². The number of carbonyl (C=O) groups excluding carboxylic acids is 1. The van der Waals surface area contributed by atoms with Crippen LogP contribution in [-0.4, -0.2) is 26.0 Å². The molecule has 1 saturated carbocycles. The number of nitrogens with zero attached hydrogens (tertiary/aromatic N) is 3. The number of thiazole rings is 1. The zero-order valence-electron chi connectivity index (χ0n) is 8.92. The quantitative estimate of drug-likeness (QED) is 0.873. The van der Waals surface area contributed by atoms with Gasteiger partial charge in [0.05, 0.1) is 0 Å². The molecule has 0 unspecified atom stereocenters. The molecular formula is C9H7ClN4O2S2. The summed E-state index contributed by atoms with van der Waals surface area (Å²) in [5, 5.41) is 7.13. The van der Waals surface area contributed by atoms with E-state index in [-0.39, 0.29) is 16.9 Å². The molecule has 2 aromatic rings. The molecule has 1 aliphatic rings. The van der Waals surface area contributed by atoms with E-state index >= 15 is 0 Å². The van der Waals surface area contributed by atoms with Crippen molar-refractivity contribution in [3.8, 4) is 0 Å². The highest BCUT2D eigenvalue weighted by molar-refractivity contribution is 8.00. The lowest BCUT2D eigenvalue weighted by Crippen LogP contribution is -2.15. The number of aromatic amines is 1. The molecule has 0 amide bonds. The fourth-order valence-corrected chi connectivity index (χ4v) is 3.73. The van der Waals surface area contributed by atoms with Crippen molar-refractivity contribution >= 4 is 41.0 Å². The van der Waals surface area contributed by atoms with Crippen LogP contribution in [0.5, 0.6) is 0 Å². The first-order chi connectivity index (χ1) is 8.69. The number of aldehydes is 1. The lowest BCUT2D eigenvalue weighted by Gasteiger charge is -1.99. The average Bonchev–Trinajstić information content (AvgIpc) is 3.02. The molecule has 2 aromatic heterocycles. The van der Waals surface area contributed by atoms with Crippen LogP contribution in [0.25, 0.3) is 0 Å². The Balaban J connectivity index is 1.92. The number of carbonyl (C=O) groups is 1. The van der Waals surface area contributed by atoms with Crippen molar-refractivity contribution in [1.82, 2.24) is 19.7 Å². The summed E-state index contributed by atoms with van der Waals surface area (Å²) in [5.74, 6) is 0. The van der Waals surface area contributed by atoms with Gasteiger partial charge in [-0.1, -0.05) is 11.6 Å². The van der Waals surface area contributed by atoms with Crippen molar-refractivity contribution in [2.24, 2.45) is 0 Å². The topological polar surface area (TPSA) is 80.6 Å². The summed E-state index contributed by atoms with van der Waals surface area (Å²) in [5.41, 5.74) is -0.210. The molecule has 0 aliphatic heterocycles. The lowest BCUT2D eigenvalue weighted by atomic mass is 10.6. The minimum Gasteiger partial charge on any atom is -0.297 e. The van der Waals surface area contributed by atoms with Crippen LogP contribution in [0.2, 0.25) is 5.15 Å². The average molecular weight is 303 g/mol. The predicted octanol–water partition coefficient (Wildman–Crippen LogP) is 1.98. The van der Waals surface area contributed by atoms with Crippen LogP contribution in [0.15, 0.2) is 14.3 Å². The fourth-order valence-electron chi connectivity index (χ4n) is 1.51. The van der Waals surface area contributed by atoms with Crippen LogP contribution in [0, 0.1) is 0 Å². The van der Waals surface area contributed by atoms with Gasteiger partial charge in [0, 0.05) is 6.04 Å². The molecule has 1 fully saturated rings. The lowest BCUT2D eigenvalue weighted by molar-refractivity contribution is 0.112. The molecule has 18 heavy (non-hydrogen) atoms. The summed E-state index contributed by atoms with van der Waals surface area (Å²) >= 11 is 8.21. The Morgan fingerprint density at radius 3 is 2.94 bits per heavy atom. The summed E-state index contributed by atoms with van der Waals surface area (Å²) in [6.45, 7) is 0. The zero-order chi connectivity index (χ0) is 12.7. The molecule has 2 heterocycles. The van der Waals surface area contributed by atoms with E-state index in [0.717, 1.165) is 12.8 Å². The Morgan fingerprint density at radius 1 is 1.56 bits per heavy atom. The number of nitrogens with one attached hydrogen (secondary N) is 1. The fraction of sp³-hybridized carbons (Fsp3) is 0.333. The van der Waals surface area contributed by atoms with Crippen molar-refractivity contribution in [3.63, 3.8) is 0 Å². The molecule has 3 rings (SSSR count). The number of hydrogen-bond donors (Lipinski definition) is 1. The second kappa shape index (κ2) is 4.52. The number of aromatic nitrogens is 4. The molecule has 9 heteroatoms. The highest BCUT2D eigenvalue weighted by atomic mass is 35.5. The Hall–Kier alpha value is -1.12. The largest absolute Gasteiger partial charge is 0.344 e. The van der Waals surface area contributed by atoms with Crippen molar-refractivity contribution in [3.05, 3.63) is 20.5 Å². The second-order valence-corrected chi connectivity index (χ2v) is 6.37. The summed E-state index contributed by atoms with van der Waals surface area (Å²) in [6, 6.07) is 0.236. The van der Waals surface area contributed by atoms with Gasteiger partial charge in [-0.05, 0) is 24.6 Å². The molecular weight excluding hydrogens is 296 g/mol. The molecule has 0 atom stereocenters. The summed E-state index contributed by atoms with van der Waals surface area (Å²) in [4.78, 5) is 26.7. The molecule has 1 N–H and O–H groups in total. The Labute approximate surface area is 114 Å². The van der Waals surface area contributed by atoms with Gasteiger partial charge in [-0.15, -0.1) is 16.4 Å². The van der Waals surface area contributed by atoms with Crippen LogP contribution in [-0.2, 0) is 0 Å². The number of hydrogen-bond acceptors (Lipinski definition) is 6. The van der Waals surface area contributed by atoms with Gasteiger partial charge in [0.2, 0.25) is 0 Å². The maximum atomic E-state index is 11.6. The molecule has 0 bridgehead atoms. The predicted molar refractivity (Wildman–Crippen MR) is 67.8 cm³/mol. The van der Waals surface area contributed by atoms with E-state index in [2.05, 4.69) is 15.2 Å². The molecule has 0 saturated heterocycles. The van der Waals surface area contributed by atoms with Crippen molar-refractivity contribution < 1.29 is 4.79 Å². The van der Waals surface area contributed by atoms with Crippen molar-refractivity contribution in [2.45, 2.75) is 28.4 Å². The molecule has 0 radical (unpaired) electrons. The molecule has 94 valence electrons. The third kappa shape index (κ3) is 2.11. The van der Waals surface area contributed by atoms with Gasteiger partial charge in [-0.3, -0.25) is 9.36 Å². The van der Waals surface area contributed by atoms with Gasteiger partial charge in [-0.25, -0.2) is 14.9 Å². The van der Waals surface area contributed by atoms with Crippen molar-refractivity contribution in [1.29, 1.82) is 0 Å². The number of H-pyrrole nitrogens is 1. The van der Waals surface area contributed by atoms with E-state index in [0.29, 0.717) is 20.7 Å². The highest BCUT2D eigenvalue weighted by Gasteiger charge is 2.29. The second-order valence-electron chi connectivity index (χ2n) is 3.77. The van der Waals surface area contributed by atoms with E-state index in [1.54, 1.807) is 4.57 Å². The van der Waals surface area contributed by atoms with E-state index in [1.807, 2.05) is 0 Å². The van der Waals surface area contributed by atoms with Gasteiger partial charge >= 0.3 is 5.69 Å². The van der Waals surface area contributed by atoms with E-state index in [4.69, 9.17) is 11.6 Å². The smallest absolute Gasteiger partial charge is 0.297 e. The molecule has 1 aliphatic carbocycles. The van der Waals surface area contributed by atoms with Gasteiger partial charge < -0.3 is 0 Å². The summed E-state index contributed by atoms with van der Waals surface area (Å²) in [6.07, 6.45) is 2.65. The van der Waals surface area contributed by atoms with Crippen LogP contribution in [0.3, 0.4) is 0 Å². The number of halogens is 1. The Morgan fingerprint density at radius 2 is 2.33 bits per heavy atom. The van der Waals surface area contributed by atoms with Crippen molar-refractivity contribution in [2.75, 3.05) is 0 Å². The third-order valence-electron chi connectivity index (χ3n) is 2.46. The third-order valence-corrected chi connectivity index (χ3v) is 4.87. The maximum absolute atomic E-state index is 11.6. The number of rotatable bonds is 4. The molecule has 0 aromatic carbocycles. The maximum Gasteiger partial charge on any atom is 0.344 e. The SMILES string of the molecule is O=Cc1sc(Sc2n[nH]c(=O)n2C2CC2)nc1Cl. The van der Waals surface area contributed by atoms with Gasteiger partial charge in [-0.2, -0.15) is 0 Å². The van der Waals surface area contributed by atoms with Crippen LogP contribution in [0.4, 0.5) is 0 Å². The van der Waals surface area contributed by atoms with Gasteiger partial charge in [0.1, 0.15) is 4.88 Å². The van der Waals surface area contributed by atoms with E-state index in [9.17, 15) is 9.59 Å². The minimum atomic E-state index is -0.210. The standard InChI is InChI=1S/C9H7ClN4O2S2/c10-6-5(3-15)17-9(11-6)18-8-13-12-7(16)14(8)4-1-2-4/h3-4H,1-2H2,(H,12,16). The van der Waals surface area contributed by atoms with Gasteiger partial charge in [0.15, 0.2) is 20.9 Å². The summed E-state index contributed by atoms with van der Waals surface area (Å²) in [7, 11) is 0. The summed E-state index contributed by atoms with van der Waals surface area (Å²) < 4.78 is 2.23. The van der Waals surface area contributed by atoms with Gasteiger partial charge in [0.25, 0.3) is 0 Å². The molecule has 0 spiro atoms. The molecule has 6 nitrogen and oxygen atoms in total. The van der Waals surface area contributed by atoms with Crippen LogP contribution >= 0.6 is 34.7 Å². The minimum absolute atomic E-state index is 0.188. The highest BCUT2D eigenvalue weighted by Crippen LogP contribution is 2.39.